The molecule has 1 aliphatic heterocycles. The van der Waals surface area contributed by atoms with Gasteiger partial charge in [-0.15, -0.1) is 0 Å². The number of amides is 1. The molecule has 1 fully saturated rings. The summed E-state index contributed by atoms with van der Waals surface area (Å²) < 4.78 is 5.38. The van der Waals surface area contributed by atoms with E-state index in [0.717, 1.165) is 44.6 Å². The monoisotopic (exact) mass is 854 g/mol. The van der Waals surface area contributed by atoms with Gasteiger partial charge in [-0.1, -0.05) is 245 Å². The summed E-state index contributed by atoms with van der Waals surface area (Å²) in [5, 5.41) is 65.7. The van der Waals surface area contributed by atoms with E-state index in [1.54, 1.807) is 0 Å². The predicted molar refractivity (Wildman–Crippen MR) is 249 cm³/mol. The highest BCUT2D eigenvalue weighted by atomic mass is 16.7. The first-order valence-electron chi connectivity index (χ1n) is 25.9. The Labute approximate surface area is 369 Å². The van der Waals surface area contributed by atoms with Crippen molar-refractivity contribution in [2.45, 2.75) is 300 Å². The van der Waals surface area contributed by atoms with Gasteiger partial charge >= 0.3 is 0 Å². The molecule has 7 atom stereocenters. The van der Waals surface area contributed by atoms with E-state index in [-0.39, 0.29) is 5.91 Å². The van der Waals surface area contributed by atoms with Crippen molar-refractivity contribution in [2.24, 2.45) is 0 Å². The zero-order valence-corrected chi connectivity index (χ0v) is 39.2. The predicted octanol–water partition coefficient (Wildman–Crippen LogP) is 11.4. The van der Waals surface area contributed by atoms with Gasteiger partial charge in [0.15, 0.2) is 0 Å². The molecule has 0 spiro atoms. The van der Waals surface area contributed by atoms with Crippen molar-refractivity contribution in [3.63, 3.8) is 0 Å². The van der Waals surface area contributed by atoms with Gasteiger partial charge in [0.1, 0.15) is 24.4 Å². The first kappa shape index (κ1) is 56.9. The number of nitrogens with one attached hydrogen (secondary N) is 1. The molecule has 1 saturated heterocycles. The van der Waals surface area contributed by atoms with Gasteiger partial charge in [-0.3, -0.25) is 4.79 Å². The first-order chi connectivity index (χ1) is 29.2. The molecular weight excluding hydrogens is 755 g/mol. The minimum atomic E-state index is -2.42. The van der Waals surface area contributed by atoms with Gasteiger partial charge in [0, 0.05) is 6.42 Å². The lowest BCUT2D eigenvalue weighted by atomic mass is 9.91. The van der Waals surface area contributed by atoms with Crippen molar-refractivity contribution in [3.8, 4) is 0 Å². The van der Waals surface area contributed by atoms with E-state index in [1.165, 1.54) is 199 Å². The maximum Gasteiger partial charge on any atom is 0.220 e. The first-order valence-corrected chi connectivity index (χ1v) is 25.9. The fourth-order valence-corrected chi connectivity index (χ4v) is 8.71. The molecule has 9 heteroatoms. The highest BCUT2D eigenvalue weighted by Gasteiger charge is 2.51. The largest absolute Gasteiger partial charge is 0.394 e. The van der Waals surface area contributed by atoms with Crippen LogP contribution in [0, 0.1) is 0 Å². The quantitative estimate of drug-likeness (QED) is 0.0236. The molecule has 1 rings (SSSR count). The molecule has 0 aromatic carbocycles. The molecular formula is C51H99NO8. The third-order valence-corrected chi connectivity index (χ3v) is 12.9. The van der Waals surface area contributed by atoms with Crippen molar-refractivity contribution in [1.29, 1.82) is 0 Å². The maximum absolute atomic E-state index is 13.0. The van der Waals surface area contributed by atoms with Crippen molar-refractivity contribution in [3.05, 3.63) is 12.2 Å². The molecule has 0 radical (unpaired) electrons. The second-order valence-electron chi connectivity index (χ2n) is 18.6. The Morgan fingerprint density at radius 2 is 0.883 bits per heavy atom. The normalized spacial score (nSPS) is 21.8. The Morgan fingerprint density at radius 1 is 0.550 bits per heavy atom. The molecule has 60 heavy (non-hydrogen) atoms. The summed E-state index contributed by atoms with van der Waals surface area (Å²) >= 11 is 0. The van der Waals surface area contributed by atoms with Crippen molar-refractivity contribution < 1.29 is 40.2 Å². The van der Waals surface area contributed by atoms with Crippen LogP contribution in [0.2, 0.25) is 0 Å². The molecule has 0 aromatic heterocycles. The Kier molecular flexibility index (Phi) is 37.5. The Bertz CT molecular complexity index is 981. The summed E-state index contributed by atoms with van der Waals surface area (Å²) in [4.78, 5) is 13.0. The molecule has 0 bridgehead atoms. The van der Waals surface area contributed by atoms with Crippen LogP contribution in [-0.4, -0.2) is 85.5 Å². The second-order valence-corrected chi connectivity index (χ2v) is 18.6. The molecule has 1 heterocycles. The van der Waals surface area contributed by atoms with Crippen LogP contribution in [0.25, 0.3) is 0 Å². The fraction of sp³-hybridized carbons (Fsp3) is 0.941. The molecule has 0 unspecified atom stereocenters. The molecule has 0 aromatic rings. The van der Waals surface area contributed by atoms with Crippen LogP contribution < -0.4 is 5.32 Å². The van der Waals surface area contributed by atoms with Crippen LogP contribution in [0.4, 0.5) is 0 Å². The van der Waals surface area contributed by atoms with Crippen LogP contribution in [0.15, 0.2) is 12.2 Å². The lowest BCUT2D eigenvalue weighted by Crippen LogP contribution is -2.64. The summed E-state index contributed by atoms with van der Waals surface area (Å²) in [7, 11) is 0. The maximum atomic E-state index is 13.0. The molecule has 356 valence electrons. The molecule has 7 N–H and O–H groups in total. The van der Waals surface area contributed by atoms with Crippen molar-refractivity contribution in [2.75, 3.05) is 6.61 Å². The van der Waals surface area contributed by atoms with E-state index in [9.17, 15) is 35.4 Å². The smallest absolute Gasteiger partial charge is 0.220 e. The van der Waals surface area contributed by atoms with Crippen LogP contribution in [0.5, 0.6) is 0 Å². The van der Waals surface area contributed by atoms with Crippen LogP contribution >= 0.6 is 0 Å². The van der Waals surface area contributed by atoms with Crippen LogP contribution in [0.3, 0.4) is 0 Å². The second kappa shape index (κ2) is 39.5. The summed E-state index contributed by atoms with van der Waals surface area (Å²) in [6, 6.07) is -0.851. The van der Waals surface area contributed by atoms with Gasteiger partial charge in [0.25, 0.3) is 0 Å². The molecule has 1 amide bonds. The van der Waals surface area contributed by atoms with Gasteiger partial charge in [-0.05, 0) is 18.9 Å². The van der Waals surface area contributed by atoms with Gasteiger partial charge in [0.2, 0.25) is 11.7 Å². The summed E-state index contributed by atoms with van der Waals surface area (Å²) in [6.45, 7) is 3.85. The number of carbonyl (C=O) groups excluding carboxylic acids is 1. The Morgan fingerprint density at radius 3 is 1.23 bits per heavy atom. The Hall–Kier alpha value is -1.07. The average molecular weight is 854 g/mol. The number of aliphatic hydroxyl groups excluding tert-OH is 5. The third kappa shape index (κ3) is 29.3. The zero-order chi connectivity index (χ0) is 43.9. The van der Waals surface area contributed by atoms with Gasteiger partial charge in [-0.25, -0.2) is 0 Å². The lowest BCUT2D eigenvalue weighted by molar-refractivity contribution is -0.327. The minimum Gasteiger partial charge on any atom is -0.394 e. The average Bonchev–Trinajstić information content (AvgIpc) is 3.24. The number of unbranched alkanes of at least 4 members (excludes halogenated alkanes) is 34. The van der Waals surface area contributed by atoms with E-state index >= 15 is 0 Å². The molecule has 1 aliphatic rings. The highest BCUT2D eigenvalue weighted by molar-refractivity contribution is 5.76. The highest BCUT2D eigenvalue weighted by Crippen LogP contribution is 2.30. The van der Waals surface area contributed by atoms with Crippen LogP contribution in [0.1, 0.15) is 258 Å². The van der Waals surface area contributed by atoms with E-state index in [1.807, 2.05) is 0 Å². The zero-order valence-electron chi connectivity index (χ0n) is 39.2. The number of rotatable bonds is 43. The number of aliphatic hydroxyl groups is 6. The molecule has 0 saturated carbocycles. The molecule has 0 aliphatic carbocycles. The fourth-order valence-electron chi connectivity index (χ4n) is 8.71. The SMILES string of the molecule is CCCCCCCCCCCCCCCCCCCCCCCCCC(=O)N[C@@H](C=C[C@@]1(O)O[C@H](CO)[C@H](O)[C@H](O)[C@H]1O)[C@H](O)CCCCCCCCCCCCCCC. The third-order valence-electron chi connectivity index (χ3n) is 12.9. The van der Waals surface area contributed by atoms with E-state index in [2.05, 4.69) is 19.2 Å². The summed E-state index contributed by atoms with van der Waals surface area (Å²) in [5.74, 6) is -2.62. The number of hydrogen-bond donors (Lipinski definition) is 7. The number of ether oxygens (including phenoxy) is 1. The van der Waals surface area contributed by atoms with Crippen molar-refractivity contribution >= 4 is 5.91 Å². The minimum absolute atomic E-state index is 0.196. The van der Waals surface area contributed by atoms with E-state index in [0.29, 0.717) is 12.8 Å². The number of carbonyl (C=O) groups is 1. The summed E-state index contributed by atoms with van der Waals surface area (Å²) in [5.41, 5.74) is 0. The van der Waals surface area contributed by atoms with Gasteiger partial charge in [0.05, 0.1) is 18.8 Å². The molecule has 9 nitrogen and oxygen atoms in total. The van der Waals surface area contributed by atoms with Crippen molar-refractivity contribution in [1.82, 2.24) is 5.32 Å². The van der Waals surface area contributed by atoms with Gasteiger partial charge < -0.3 is 40.7 Å². The van der Waals surface area contributed by atoms with Crippen LogP contribution in [-0.2, 0) is 9.53 Å². The van der Waals surface area contributed by atoms with Gasteiger partial charge in [-0.2, -0.15) is 0 Å². The number of hydrogen-bond acceptors (Lipinski definition) is 8. The van der Waals surface area contributed by atoms with E-state index < -0.39 is 49.0 Å². The standard InChI is InChI=1S/C51H99NO8/c1-3-5-7-9-11-13-15-17-18-19-20-21-22-23-24-25-26-28-30-32-34-36-38-40-47(55)52-44(41-42-51(59)50(58)49(57)48(56)46(43-53)60-51)45(54)39-37-35-33-31-29-27-16-14-12-10-8-6-4-2/h41-42,44-46,48-50,53-54,56-59H,3-40,43H2,1-2H3,(H,52,55)/t44-,45+,46+,48-,49-,50+,51+/m0/s1. The summed E-state index contributed by atoms with van der Waals surface area (Å²) in [6.07, 6.45) is 41.9. The Balaban J connectivity index is 2.29. The lowest BCUT2D eigenvalue weighted by Gasteiger charge is -2.44. The van der Waals surface area contributed by atoms with E-state index in [4.69, 9.17) is 4.74 Å². The topological polar surface area (TPSA) is 160 Å².